The van der Waals surface area contributed by atoms with Gasteiger partial charge in [-0.05, 0) is 13.8 Å². The Morgan fingerprint density at radius 1 is 1.43 bits per heavy atom. The van der Waals surface area contributed by atoms with Crippen molar-refractivity contribution in [3.05, 3.63) is 18.2 Å². The van der Waals surface area contributed by atoms with Crippen LogP contribution in [-0.2, 0) is 0 Å². The predicted molar refractivity (Wildman–Crippen MR) is 56.4 cm³/mol. The number of nitrogens with zero attached hydrogens (tertiary/aromatic N) is 3. The first kappa shape index (κ1) is 9.40. The van der Waals surface area contributed by atoms with E-state index >= 15 is 0 Å². The summed E-state index contributed by atoms with van der Waals surface area (Å²) in [5.74, 6) is 0.830. The zero-order valence-electron chi connectivity index (χ0n) is 8.70. The first-order chi connectivity index (χ1) is 6.75. The van der Waals surface area contributed by atoms with E-state index in [1.165, 1.54) is 0 Å². The van der Waals surface area contributed by atoms with Crippen molar-refractivity contribution in [2.24, 2.45) is 0 Å². The molecule has 0 bridgehead atoms. The molecule has 0 radical (unpaired) electrons. The Bertz CT molecular complexity index is 295. The summed E-state index contributed by atoms with van der Waals surface area (Å²) < 4.78 is 0. The molecule has 4 heteroatoms. The number of hydrogen-bond donors (Lipinski definition) is 1. The molecule has 14 heavy (non-hydrogen) atoms. The Labute approximate surface area is 84.4 Å². The molecule has 0 saturated carbocycles. The van der Waals surface area contributed by atoms with E-state index in [1.54, 1.807) is 0 Å². The highest BCUT2D eigenvalue weighted by atomic mass is 15.2. The molecular formula is C10H16N4. The monoisotopic (exact) mass is 192 g/mol. The fourth-order valence-corrected chi connectivity index (χ4v) is 1.72. The van der Waals surface area contributed by atoms with Crippen LogP contribution in [0.25, 0.3) is 0 Å². The first-order valence-corrected chi connectivity index (χ1v) is 5.02. The molecule has 2 heterocycles. The number of hydrogen-bond acceptors (Lipinski definition) is 4. The Morgan fingerprint density at radius 3 is 2.79 bits per heavy atom. The number of aromatic nitrogens is 2. The maximum atomic E-state index is 4.21. The molecule has 1 aliphatic heterocycles. The molecule has 0 aromatic carbocycles. The zero-order chi connectivity index (χ0) is 9.97. The van der Waals surface area contributed by atoms with Crippen LogP contribution < -0.4 is 10.2 Å². The number of rotatable bonds is 1. The smallest absolute Gasteiger partial charge is 0.125 e. The Balaban J connectivity index is 2.10. The van der Waals surface area contributed by atoms with Gasteiger partial charge in [0, 0.05) is 25.7 Å². The molecule has 0 amide bonds. The lowest BCUT2D eigenvalue weighted by molar-refractivity contribution is 0.484. The van der Waals surface area contributed by atoms with Crippen molar-refractivity contribution in [2.45, 2.75) is 19.9 Å². The molecule has 1 aliphatic rings. The van der Waals surface area contributed by atoms with Crippen LogP contribution in [0.3, 0.4) is 0 Å². The SMILES string of the molecule is Cc1ncc(N2CCNC(C)C2)cn1. The number of nitrogens with one attached hydrogen (secondary N) is 1. The molecular weight excluding hydrogens is 176 g/mol. The summed E-state index contributed by atoms with van der Waals surface area (Å²) in [6.07, 6.45) is 3.81. The summed E-state index contributed by atoms with van der Waals surface area (Å²) in [4.78, 5) is 10.7. The second-order valence-corrected chi connectivity index (χ2v) is 3.79. The van der Waals surface area contributed by atoms with Crippen molar-refractivity contribution < 1.29 is 0 Å². The van der Waals surface area contributed by atoms with Gasteiger partial charge >= 0.3 is 0 Å². The minimum atomic E-state index is 0.546. The Morgan fingerprint density at radius 2 is 2.14 bits per heavy atom. The summed E-state index contributed by atoms with van der Waals surface area (Å²) >= 11 is 0. The van der Waals surface area contributed by atoms with Gasteiger partial charge in [0.05, 0.1) is 18.1 Å². The largest absolute Gasteiger partial charge is 0.366 e. The van der Waals surface area contributed by atoms with Gasteiger partial charge in [-0.1, -0.05) is 0 Å². The Kier molecular flexibility index (Phi) is 2.63. The molecule has 1 unspecified atom stereocenters. The van der Waals surface area contributed by atoms with Crippen molar-refractivity contribution in [3.8, 4) is 0 Å². The van der Waals surface area contributed by atoms with Gasteiger partial charge in [0.1, 0.15) is 5.82 Å². The number of piperazine rings is 1. The van der Waals surface area contributed by atoms with E-state index in [1.807, 2.05) is 19.3 Å². The Hall–Kier alpha value is -1.16. The second-order valence-electron chi connectivity index (χ2n) is 3.79. The lowest BCUT2D eigenvalue weighted by atomic mass is 10.2. The summed E-state index contributed by atoms with van der Waals surface area (Å²) in [6.45, 7) is 7.21. The quantitative estimate of drug-likeness (QED) is 0.707. The topological polar surface area (TPSA) is 41.1 Å². The van der Waals surface area contributed by atoms with Crippen LogP contribution in [0.1, 0.15) is 12.7 Å². The third-order valence-corrected chi connectivity index (χ3v) is 2.50. The van der Waals surface area contributed by atoms with Gasteiger partial charge in [-0.3, -0.25) is 0 Å². The predicted octanol–water partition coefficient (Wildman–Crippen LogP) is 0.583. The van der Waals surface area contributed by atoms with E-state index < -0.39 is 0 Å². The molecule has 1 atom stereocenters. The highest BCUT2D eigenvalue weighted by molar-refractivity contribution is 5.42. The van der Waals surface area contributed by atoms with E-state index in [0.29, 0.717) is 6.04 Å². The highest BCUT2D eigenvalue weighted by Crippen LogP contribution is 2.12. The van der Waals surface area contributed by atoms with Crippen LogP contribution in [0.15, 0.2) is 12.4 Å². The lowest BCUT2D eigenvalue weighted by Gasteiger charge is -2.33. The van der Waals surface area contributed by atoms with Crippen molar-refractivity contribution >= 4 is 5.69 Å². The van der Waals surface area contributed by atoms with Gasteiger partial charge in [0.15, 0.2) is 0 Å². The fourth-order valence-electron chi connectivity index (χ4n) is 1.72. The average Bonchev–Trinajstić information content (AvgIpc) is 2.19. The van der Waals surface area contributed by atoms with Gasteiger partial charge in [0.25, 0.3) is 0 Å². The minimum absolute atomic E-state index is 0.546. The molecule has 0 spiro atoms. The molecule has 1 saturated heterocycles. The summed E-state index contributed by atoms with van der Waals surface area (Å²) in [5.41, 5.74) is 1.13. The summed E-state index contributed by atoms with van der Waals surface area (Å²) in [5, 5.41) is 3.41. The maximum absolute atomic E-state index is 4.21. The van der Waals surface area contributed by atoms with Crippen LogP contribution in [0, 0.1) is 6.92 Å². The van der Waals surface area contributed by atoms with Crippen molar-refractivity contribution in [1.29, 1.82) is 0 Å². The van der Waals surface area contributed by atoms with Gasteiger partial charge in [-0.25, -0.2) is 9.97 Å². The van der Waals surface area contributed by atoms with Crippen LogP contribution in [0.2, 0.25) is 0 Å². The third-order valence-electron chi connectivity index (χ3n) is 2.50. The summed E-state index contributed by atoms with van der Waals surface area (Å²) in [6, 6.07) is 0.546. The minimum Gasteiger partial charge on any atom is -0.366 e. The zero-order valence-corrected chi connectivity index (χ0v) is 8.70. The molecule has 2 rings (SSSR count). The standard InChI is InChI=1S/C10H16N4/c1-8-7-14(4-3-11-8)10-5-12-9(2)13-6-10/h5-6,8,11H,3-4,7H2,1-2H3. The first-order valence-electron chi connectivity index (χ1n) is 5.02. The van der Waals surface area contributed by atoms with Crippen LogP contribution in [0.4, 0.5) is 5.69 Å². The van der Waals surface area contributed by atoms with E-state index in [-0.39, 0.29) is 0 Å². The van der Waals surface area contributed by atoms with Crippen molar-refractivity contribution in [3.63, 3.8) is 0 Å². The molecule has 76 valence electrons. The second kappa shape index (κ2) is 3.92. The number of anilines is 1. The maximum Gasteiger partial charge on any atom is 0.125 e. The molecule has 1 fully saturated rings. The van der Waals surface area contributed by atoms with E-state index in [9.17, 15) is 0 Å². The molecule has 1 N–H and O–H groups in total. The van der Waals surface area contributed by atoms with E-state index in [2.05, 4.69) is 27.1 Å². The van der Waals surface area contributed by atoms with E-state index in [4.69, 9.17) is 0 Å². The van der Waals surface area contributed by atoms with E-state index in [0.717, 1.165) is 31.1 Å². The van der Waals surface area contributed by atoms with Crippen molar-refractivity contribution in [1.82, 2.24) is 15.3 Å². The summed E-state index contributed by atoms with van der Waals surface area (Å²) in [7, 11) is 0. The molecule has 1 aromatic heterocycles. The third kappa shape index (κ3) is 2.01. The molecule has 4 nitrogen and oxygen atoms in total. The van der Waals surface area contributed by atoms with Crippen LogP contribution in [0.5, 0.6) is 0 Å². The van der Waals surface area contributed by atoms with Gasteiger partial charge < -0.3 is 10.2 Å². The van der Waals surface area contributed by atoms with Gasteiger partial charge in [0.2, 0.25) is 0 Å². The fraction of sp³-hybridized carbons (Fsp3) is 0.600. The molecule has 0 aliphatic carbocycles. The highest BCUT2D eigenvalue weighted by Gasteiger charge is 2.15. The van der Waals surface area contributed by atoms with Crippen molar-refractivity contribution in [2.75, 3.05) is 24.5 Å². The average molecular weight is 192 g/mol. The lowest BCUT2D eigenvalue weighted by Crippen LogP contribution is -2.49. The van der Waals surface area contributed by atoms with Crippen LogP contribution in [-0.4, -0.2) is 35.6 Å². The van der Waals surface area contributed by atoms with Crippen LogP contribution >= 0.6 is 0 Å². The molecule has 1 aromatic rings. The normalized spacial score (nSPS) is 22.4. The van der Waals surface area contributed by atoms with Gasteiger partial charge in [-0.15, -0.1) is 0 Å². The number of aryl methyl sites for hydroxylation is 1. The van der Waals surface area contributed by atoms with Gasteiger partial charge in [-0.2, -0.15) is 0 Å².